The van der Waals surface area contributed by atoms with Crippen LogP contribution < -0.4 is 10.1 Å². The topological polar surface area (TPSA) is 73.9 Å². The van der Waals surface area contributed by atoms with Gasteiger partial charge in [-0.25, -0.2) is 9.59 Å². The van der Waals surface area contributed by atoms with Gasteiger partial charge in [0.2, 0.25) is 0 Å². The van der Waals surface area contributed by atoms with Crippen molar-refractivity contribution in [3.05, 3.63) is 23.3 Å². The Labute approximate surface area is 143 Å². The van der Waals surface area contributed by atoms with Crippen LogP contribution in [0.25, 0.3) is 0 Å². The fourth-order valence-corrected chi connectivity index (χ4v) is 2.21. The van der Waals surface area contributed by atoms with E-state index in [4.69, 9.17) is 14.2 Å². The molecular weight excluding hydrogens is 310 g/mol. The molecule has 0 aliphatic carbocycles. The Morgan fingerprint density at radius 1 is 1.00 bits per heavy atom. The SMILES string of the molecule is COC(=O)c1c(NC(=O)OC(C)(C)C)ccc(C(C)(C)C)c1OC. The number of benzene rings is 1. The smallest absolute Gasteiger partial charge is 0.412 e. The van der Waals surface area contributed by atoms with Crippen molar-refractivity contribution in [1.82, 2.24) is 0 Å². The number of ether oxygens (including phenoxy) is 3. The minimum Gasteiger partial charge on any atom is -0.495 e. The first kappa shape index (κ1) is 19.8. The summed E-state index contributed by atoms with van der Waals surface area (Å²) >= 11 is 0. The Kier molecular flexibility index (Phi) is 5.87. The molecule has 0 aromatic heterocycles. The van der Waals surface area contributed by atoms with Gasteiger partial charge in [0.1, 0.15) is 16.9 Å². The molecule has 0 aliphatic rings. The second-order valence-electron chi connectivity index (χ2n) is 7.44. The normalized spacial score (nSPS) is 11.7. The first-order valence-corrected chi connectivity index (χ1v) is 7.70. The second kappa shape index (κ2) is 7.11. The fourth-order valence-electron chi connectivity index (χ4n) is 2.21. The largest absolute Gasteiger partial charge is 0.495 e. The highest BCUT2D eigenvalue weighted by atomic mass is 16.6. The number of carbonyl (C=O) groups is 2. The Hall–Kier alpha value is -2.24. The number of anilines is 1. The van der Waals surface area contributed by atoms with Crippen LogP contribution in [0, 0.1) is 0 Å². The second-order valence-corrected chi connectivity index (χ2v) is 7.44. The summed E-state index contributed by atoms with van der Waals surface area (Å²) in [5.74, 6) is -0.216. The highest BCUT2D eigenvalue weighted by molar-refractivity contribution is 6.02. The molecule has 0 unspecified atom stereocenters. The van der Waals surface area contributed by atoms with E-state index >= 15 is 0 Å². The number of hydrogen-bond donors (Lipinski definition) is 1. The van der Waals surface area contributed by atoms with Crippen LogP contribution in [0.1, 0.15) is 57.5 Å². The number of rotatable bonds is 3. The molecule has 1 N–H and O–H groups in total. The monoisotopic (exact) mass is 337 g/mol. The van der Waals surface area contributed by atoms with Gasteiger partial charge in [0.05, 0.1) is 19.9 Å². The lowest BCUT2D eigenvalue weighted by Crippen LogP contribution is -2.28. The van der Waals surface area contributed by atoms with Gasteiger partial charge in [-0.05, 0) is 32.3 Å². The summed E-state index contributed by atoms with van der Waals surface area (Å²) in [5, 5.41) is 2.59. The van der Waals surface area contributed by atoms with Gasteiger partial charge < -0.3 is 14.2 Å². The molecule has 0 aliphatic heterocycles. The van der Waals surface area contributed by atoms with E-state index in [1.54, 1.807) is 26.8 Å². The Morgan fingerprint density at radius 3 is 2.00 bits per heavy atom. The van der Waals surface area contributed by atoms with E-state index in [9.17, 15) is 9.59 Å². The van der Waals surface area contributed by atoms with Gasteiger partial charge in [0.15, 0.2) is 0 Å². The number of esters is 1. The minimum atomic E-state index is -0.654. The lowest BCUT2D eigenvalue weighted by atomic mass is 9.84. The third-order valence-corrected chi connectivity index (χ3v) is 3.19. The first-order valence-electron chi connectivity index (χ1n) is 7.70. The van der Waals surface area contributed by atoms with Gasteiger partial charge in [-0.2, -0.15) is 0 Å². The van der Waals surface area contributed by atoms with E-state index in [1.165, 1.54) is 14.2 Å². The van der Waals surface area contributed by atoms with Gasteiger partial charge >= 0.3 is 12.1 Å². The summed E-state index contributed by atoms with van der Waals surface area (Å²) in [6.45, 7) is 11.3. The van der Waals surface area contributed by atoms with Gasteiger partial charge in [0.25, 0.3) is 0 Å². The summed E-state index contributed by atoms with van der Waals surface area (Å²) in [6, 6.07) is 3.47. The Morgan fingerprint density at radius 2 is 1.58 bits per heavy atom. The quantitative estimate of drug-likeness (QED) is 0.840. The average molecular weight is 337 g/mol. The van der Waals surface area contributed by atoms with E-state index in [-0.39, 0.29) is 16.7 Å². The Bertz CT molecular complexity index is 624. The number of amides is 1. The number of methoxy groups -OCH3 is 2. The molecule has 134 valence electrons. The van der Waals surface area contributed by atoms with Crippen molar-refractivity contribution in [2.24, 2.45) is 0 Å². The average Bonchev–Trinajstić information content (AvgIpc) is 2.42. The summed E-state index contributed by atoms with van der Waals surface area (Å²) in [7, 11) is 2.76. The molecule has 6 nitrogen and oxygen atoms in total. The Balaban J connectivity index is 3.40. The number of carbonyl (C=O) groups excluding carboxylic acids is 2. The van der Waals surface area contributed by atoms with Gasteiger partial charge in [-0.1, -0.05) is 26.8 Å². The molecular formula is C18H27NO5. The molecule has 1 rings (SSSR count). The lowest BCUT2D eigenvalue weighted by Gasteiger charge is -2.25. The van der Waals surface area contributed by atoms with E-state index in [0.717, 1.165) is 5.56 Å². The third kappa shape index (κ3) is 4.88. The molecule has 6 heteroatoms. The maximum Gasteiger partial charge on any atom is 0.412 e. The van der Waals surface area contributed by atoms with E-state index in [2.05, 4.69) is 5.32 Å². The van der Waals surface area contributed by atoms with Crippen LogP contribution in [0.2, 0.25) is 0 Å². The third-order valence-electron chi connectivity index (χ3n) is 3.19. The molecule has 24 heavy (non-hydrogen) atoms. The fraction of sp³-hybridized carbons (Fsp3) is 0.556. The maximum absolute atomic E-state index is 12.3. The van der Waals surface area contributed by atoms with Gasteiger partial charge in [0, 0.05) is 5.56 Å². The lowest BCUT2D eigenvalue weighted by molar-refractivity contribution is 0.0598. The number of nitrogens with one attached hydrogen (secondary N) is 1. The standard InChI is InChI=1S/C18H27NO5/c1-17(2,3)11-9-10-12(19-16(21)24-18(4,5)6)13(14(11)22-7)15(20)23-8/h9-10H,1-8H3,(H,19,21). The van der Waals surface area contributed by atoms with Crippen LogP contribution in [0.15, 0.2) is 12.1 Å². The first-order chi connectivity index (χ1) is 10.9. The van der Waals surface area contributed by atoms with Crippen LogP contribution in [-0.2, 0) is 14.9 Å². The van der Waals surface area contributed by atoms with Crippen molar-refractivity contribution < 1.29 is 23.8 Å². The zero-order valence-electron chi connectivity index (χ0n) is 15.7. The minimum absolute atomic E-state index is 0.165. The van der Waals surface area contributed by atoms with Crippen LogP contribution in [0.5, 0.6) is 5.75 Å². The van der Waals surface area contributed by atoms with Crippen molar-refractivity contribution in [2.75, 3.05) is 19.5 Å². The molecule has 1 amide bonds. The van der Waals surface area contributed by atoms with Gasteiger partial charge in [-0.15, -0.1) is 0 Å². The molecule has 0 fully saturated rings. The molecule has 0 heterocycles. The molecule has 0 saturated heterocycles. The van der Waals surface area contributed by atoms with E-state index < -0.39 is 17.7 Å². The summed E-state index contributed by atoms with van der Waals surface area (Å²) in [5.41, 5.74) is 0.378. The molecule has 0 bridgehead atoms. The van der Waals surface area contributed by atoms with Crippen LogP contribution in [0.4, 0.5) is 10.5 Å². The van der Waals surface area contributed by atoms with Crippen molar-refractivity contribution in [1.29, 1.82) is 0 Å². The van der Waals surface area contributed by atoms with Crippen molar-refractivity contribution >= 4 is 17.7 Å². The maximum atomic E-state index is 12.3. The van der Waals surface area contributed by atoms with Crippen LogP contribution in [0.3, 0.4) is 0 Å². The number of hydrogen-bond acceptors (Lipinski definition) is 5. The van der Waals surface area contributed by atoms with E-state index in [1.807, 2.05) is 26.8 Å². The van der Waals surface area contributed by atoms with Crippen LogP contribution in [-0.4, -0.2) is 31.9 Å². The predicted molar refractivity (Wildman–Crippen MR) is 92.9 cm³/mol. The summed E-state index contributed by atoms with van der Waals surface area (Å²) < 4.78 is 15.6. The zero-order valence-corrected chi connectivity index (χ0v) is 15.7. The van der Waals surface area contributed by atoms with Gasteiger partial charge in [-0.3, -0.25) is 5.32 Å². The van der Waals surface area contributed by atoms with Crippen molar-refractivity contribution in [3.63, 3.8) is 0 Å². The molecule has 0 atom stereocenters. The summed E-state index contributed by atoms with van der Waals surface area (Å²) in [6.07, 6.45) is -0.654. The van der Waals surface area contributed by atoms with Crippen LogP contribution >= 0.6 is 0 Å². The molecule has 0 spiro atoms. The van der Waals surface area contributed by atoms with Crippen molar-refractivity contribution in [2.45, 2.75) is 52.6 Å². The highest BCUT2D eigenvalue weighted by Crippen LogP contribution is 2.38. The predicted octanol–water partition coefficient (Wildman–Crippen LogP) is 4.13. The molecule has 0 radical (unpaired) electrons. The highest BCUT2D eigenvalue weighted by Gasteiger charge is 2.28. The zero-order chi connectivity index (χ0) is 18.7. The molecule has 1 aromatic rings. The van der Waals surface area contributed by atoms with E-state index in [0.29, 0.717) is 5.75 Å². The molecule has 1 aromatic carbocycles. The van der Waals surface area contributed by atoms with Crippen molar-refractivity contribution in [3.8, 4) is 5.75 Å². The summed E-state index contributed by atoms with van der Waals surface area (Å²) in [4.78, 5) is 24.3. The molecule has 0 saturated carbocycles.